The summed E-state index contributed by atoms with van der Waals surface area (Å²) in [6.07, 6.45) is 0. The molecule has 2 N–H and O–H groups in total. The monoisotopic (exact) mass is 363 g/mol. The topological polar surface area (TPSA) is 54.0 Å². The molecule has 6 heteroatoms. The van der Waals surface area contributed by atoms with Crippen LogP contribution < -0.4 is 10.6 Å². The number of hydrogen-bond donors (Lipinski definition) is 2. The molecule has 2 amide bonds. The Kier molecular flexibility index (Phi) is 4.33. The lowest BCUT2D eigenvalue weighted by atomic mass is 10.1. The van der Waals surface area contributed by atoms with Gasteiger partial charge in [0.15, 0.2) is 5.13 Å². The first-order valence-corrected chi connectivity index (χ1v) is 8.84. The second-order valence-electron chi connectivity index (χ2n) is 5.65. The average molecular weight is 363 g/mol. The Balaban J connectivity index is 1.49. The molecule has 128 valence electrons. The number of carbonyl (C=O) groups excluding carboxylic acids is 1. The summed E-state index contributed by atoms with van der Waals surface area (Å²) in [4.78, 5) is 16.7. The molecule has 0 spiro atoms. The smallest absolute Gasteiger partial charge is 0.307 e. The summed E-state index contributed by atoms with van der Waals surface area (Å²) in [6, 6.07) is 19.3. The SMILES string of the molecule is O=C(Nc1nc(-c2ccc(F)cc2)cs1)Nc1cccc2ccccc12. The normalized spacial score (nSPS) is 10.7. The Morgan fingerprint density at radius 3 is 2.54 bits per heavy atom. The van der Waals surface area contributed by atoms with Gasteiger partial charge in [-0.1, -0.05) is 36.4 Å². The molecule has 0 bridgehead atoms. The van der Waals surface area contributed by atoms with Gasteiger partial charge in [0.2, 0.25) is 0 Å². The Morgan fingerprint density at radius 2 is 1.69 bits per heavy atom. The molecule has 1 aromatic heterocycles. The van der Waals surface area contributed by atoms with Gasteiger partial charge in [-0.05, 0) is 35.7 Å². The highest BCUT2D eigenvalue weighted by atomic mass is 32.1. The van der Waals surface area contributed by atoms with Gasteiger partial charge in [-0.2, -0.15) is 0 Å². The number of urea groups is 1. The van der Waals surface area contributed by atoms with Crippen LogP contribution in [0, 0.1) is 5.82 Å². The highest BCUT2D eigenvalue weighted by Crippen LogP contribution is 2.26. The number of halogens is 1. The van der Waals surface area contributed by atoms with E-state index in [1.54, 1.807) is 12.1 Å². The number of aromatic nitrogens is 1. The van der Waals surface area contributed by atoms with Crippen LogP contribution in [0.15, 0.2) is 72.1 Å². The van der Waals surface area contributed by atoms with Crippen molar-refractivity contribution in [2.24, 2.45) is 0 Å². The van der Waals surface area contributed by atoms with E-state index in [0.29, 0.717) is 10.8 Å². The van der Waals surface area contributed by atoms with Gasteiger partial charge in [-0.25, -0.2) is 14.2 Å². The minimum Gasteiger partial charge on any atom is -0.307 e. The zero-order valence-corrected chi connectivity index (χ0v) is 14.4. The summed E-state index contributed by atoms with van der Waals surface area (Å²) < 4.78 is 13.0. The first kappa shape index (κ1) is 16.2. The second kappa shape index (κ2) is 6.93. The Morgan fingerprint density at radius 1 is 0.923 bits per heavy atom. The van der Waals surface area contributed by atoms with Crippen LogP contribution in [-0.4, -0.2) is 11.0 Å². The van der Waals surface area contributed by atoms with E-state index in [9.17, 15) is 9.18 Å². The molecule has 0 unspecified atom stereocenters. The summed E-state index contributed by atoms with van der Waals surface area (Å²) in [7, 11) is 0. The van der Waals surface area contributed by atoms with Crippen LogP contribution in [0.25, 0.3) is 22.0 Å². The van der Waals surface area contributed by atoms with Crippen LogP contribution in [0.4, 0.5) is 20.0 Å². The Hall–Kier alpha value is -3.25. The number of hydrogen-bond acceptors (Lipinski definition) is 3. The third-order valence-corrected chi connectivity index (χ3v) is 4.66. The molecule has 0 radical (unpaired) electrons. The van der Waals surface area contributed by atoms with Gasteiger partial charge in [0.1, 0.15) is 5.82 Å². The van der Waals surface area contributed by atoms with Gasteiger partial charge >= 0.3 is 6.03 Å². The minimum absolute atomic E-state index is 0.295. The fourth-order valence-electron chi connectivity index (χ4n) is 2.67. The van der Waals surface area contributed by atoms with E-state index in [-0.39, 0.29) is 11.8 Å². The molecular weight excluding hydrogens is 349 g/mol. The molecule has 4 rings (SSSR count). The zero-order valence-electron chi connectivity index (χ0n) is 13.6. The van der Waals surface area contributed by atoms with Crippen molar-refractivity contribution >= 4 is 39.0 Å². The summed E-state index contributed by atoms with van der Waals surface area (Å²) in [5.41, 5.74) is 2.22. The van der Waals surface area contributed by atoms with Gasteiger partial charge in [0.05, 0.1) is 11.4 Å². The van der Waals surface area contributed by atoms with Crippen molar-refractivity contribution in [3.05, 3.63) is 77.9 Å². The minimum atomic E-state index is -0.360. The van der Waals surface area contributed by atoms with Gasteiger partial charge in [-0.15, -0.1) is 11.3 Å². The number of amides is 2. The first-order valence-electron chi connectivity index (χ1n) is 7.96. The standard InChI is InChI=1S/C20H14FN3OS/c21-15-10-8-14(9-11-15)18-12-26-20(23-18)24-19(25)22-17-7-3-5-13-4-1-2-6-16(13)17/h1-12H,(H2,22,23,24,25). The number of anilines is 2. The lowest BCUT2D eigenvalue weighted by Crippen LogP contribution is -2.19. The molecule has 0 saturated carbocycles. The van der Waals surface area contributed by atoms with Crippen molar-refractivity contribution in [2.45, 2.75) is 0 Å². The maximum atomic E-state index is 13.0. The van der Waals surface area contributed by atoms with E-state index >= 15 is 0 Å². The predicted octanol–water partition coefficient (Wildman–Crippen LogP) is 5.75. The van der Waals surface area contributed by atoms with Crippen LogP contribution in [0.1, 0.15) is 0 Å². The van der Waals surface area contributed by atoms with E-state index in [1.807, 2.05) is 47.8 Å². The number of nitrogens with one attached hydrogen (secondary N) is 2. The maximum absolute atomic E-state index is 13.0. The molecule has 0 saturated heterocycles. The van der Waals surface area contributed by atoms with E-state index in [4.69, 9.17) is 0 Å². The quantitative estimate of drug-likeness (QED) is 0.487. The van der Waals surface area contributed by atoms with Crippen LogP contribution in [0.3, 0.4) is 0 Å². The van der Waals surface area contributed by atoms with E-state index in [1.165, 1.54) is 23.5 Å². The van der Waals surface area contributed by atoms with Crippen LogP contribution in [-0.2, 0) is 0 Å². The number of benzene rings is 3. The van der Waals surface area contributed by atoms with Gasteiger partial charge < -0.3 is 5.32 Å². The van der Waals surface area contributed by atoms with Crippen molar-refractivity contribution in [2.75, 3.05) is 10.6 Å². The molecule has 1 heterocycles. The Labute approximate surface area is 153 Å². The highest BCUT2D eigenvalue weighted by Gasteiger charge is 2.09. The largest absolute Gasteiger partial charge is 0.325 e. The summed E-state index contributed by atoms with van der Waals surface area (Å²) in [5, 5.41) is 9.91. The lowest BCUT2D eigenvalue weighted by molar-refractivity contribution is 0.262. The molecule has 0 aliphatic heterocycles. The van der Waals surface area contributed by atoms with Crippen molar-refractivity contribution < 1.29 is 9.18 Å². The maximum Gasteiger partial charge on any atom is 0.325 e. The zero-order chi connectivity index (χ0) is 17.9. The van der Waals surface area contributed by atoms with E-state index in [2.05, 4.69) is 15.6 Å². The number of rotatable bonds is 3. The highest BCUT2D eigenvalue weighted by molar-refractivity contribution is 7.14. The van der Waals surface area contributed by atoms with Crippen LogP contribution in [0.2, 0.25) is 0 Å². The van der Waals surface area contributed by atoms with Gasteiger partial charge in [0.25, 0.3) is 0 Å². The van der Waals surface area contributed by atoms with Crippen molar-refractivity contribution in [3.63, 3.8) is 0 Å². The fraction of sp³-hybridized carbons (Fsp3) is 0. The molecule has 0 aliphatic carbocycles. The fourth-order valence-corrected chi connectivity index (χ4v) is 3.38. The number of fused-ring (bicyclic) bond motifs is 1. The van der Waals surface area contributed by atoms with E-state index in [0.717, 1.165) is 22.0 Å². The third-order valence-electron chi connectivity index (χ3n) is 3.90. The molecule has 0 fully saturated rings. The molecule has 0 aliphatic rings. The van der Waals surface area contributed by atoms with Crippen LogP contribution >= 0.6 is 11.3 Å². The number of carbonyl (C=O) groups is 1. The molecule has 0 atom stereocenters. The van der Waals surface area contributed by atoms with Gasteiger partial charge in [-0.3, -0.25) is 5.32 Å². The summed E-state index contributed by atoms with van der Waals surface area (Å²) in [6.45, 7) is 0. The average Bonchev–Trinajstić information content (AvgIpc) is 3.11. The molecule has 26 heavy (non-hydrogen) atoms. The Bertz CT molecular complexity index is 1070. The number of nitrogens with zero attached hydrogens (tertiary/aromatic N) is 1. The predicted molar refractivity (Wildman–Crippen MR) is 104 cm³/mol. The second-order valence-corrected chi connectivity index (χ2v) is 6.51. The van der Waals surface area contributed by atoms with Crippen molar-refractivity contribution in [3.8, 4) is 11.3 Å². The van der Waals surface area contributed by atoms with Gasteiger partial charge in [0, 0.05) is 16.3 Å². The molecule has 4 aromatic rings. The first-order chi connectivity index (χ1) is 12.7. The molecule has 3 aromatic carbocycles. The molecular formula is C20H14FN3OS. The summed E-state index contributed by atoms with van der Waals surface area (Å²) >= 11 is 1.31. The summed E-state index contributed by atoms with van der Waals surface area (Å²) in [5.74, 6) is -0.295. The van der Waals surface area contributed by atoms with E-state index < -0.39 is 0 Å². The van der Waals surface area contributed by atoms with Crippen molar-refractivity contribution in [1.29, 1.82) is 0 Å². The van der Waals surface area contributed by atoms with Crippen molar-refractivity contribution in [1.82, 2.24) is 4.98 Å². The number of thiazole rings is 1. The third kappa shape index (κ3) is 3.41. The van der Waals surface area contributed by atoms with Crippen LogP contribution in [0.5, 0.6) is 0 Å². The molecule has 4 nitrogen and oxygen atoms in total. The lowest BCUT2D eigenvalue weighted by Gasteiger charge is -2.08.